The minimum Gasteiger partial charge on any atom is -0.267 e. The molecule has 0 aromatic carbocycles. The van der Waals surface area contributed by atoms with Crippen LogP contribution >= 0.6 is 0 Å². The average Bonchev–Trinajstić information content (AvgIpc) is 2.29. The van der Waals surface area contributed by atoms with Crippen LogP contribution in [0.25, 0.3) is 0 Å². The zero-order valence-corrected chi connectivity index (χ0v) is 11.0. The van der Waals surface area contributed by atoms with Crippen LogP contribution in [0.3, 0.4) is 0 Å². The van der Waals surface area contributed by atoms with E-state index in [0.29, 0.717) is 0 Å². The second kappa shape index (κ2) is 9.36. The summed E-state index contributed by atoms with van der Waals surface area (Å²) in [7, 11) is 0. The van der Waals surface area contributed by atoms with Gasteiger partial charge in [-0.15, -0.1) is 0 Å². The lowest BCUT2D eigenvalue weighted by atomic mass is 10.2. The third-order valence-electron chi connectivity index (χ3n) is 2.09. The standard InChI is InChI=1S/C12H25N3O/c1-5-8-11(4)12(16)15(13-9-6-2)14-10-7-3/h8,13-14H,5-7,9-10H2,1-4H3. The summed E-state index contributed by atoms with van der Waals surface area (Å²) in [4.78, 5) is 12.0. The molecular formula is C12H25N3O. The summed E-state index contributed by atoms with van der Waals surface area (Å²) in [5.74, 6) is 0.00347. The number of hydrogen-bond acceptors (Lipinski definition) is 3. The number of carbonyl (C=O) groups is 1. The van der Waals surface area contributed by atoms with E-state index in [9.17, 15) is 4.79 Å². The SMILES string of the molecule is CCC=C(C)C(=O)N(NCCC)NCCC. The van der Waals surface area contributed by atoms with E-state index < -0.39 is 0 Å². The van der Waals surface area contributed by atoms with Gasteiger partial charge in [-0.3, -0.25) is 4.79 Å². The zero-order valence-electron chi connectivity index (χ0n) is 11.0. The molecule has 2 N–H and O–H groups in total. The molecule has 1 amide bonds. The van der Waals surface area contributed by atoms with Gasteiger partial charge in [0.15, 0.2) is 0 Å². The lowest BCUT2D eigenvalue weighted by Gasteiger charge is -2.24. The highest BCUT2D eigenvalue weighted by molar-refractivity contribution is 5.92. The van der Waals surface area contributed by atoms with Gasteiger partial charge >= 0.3 is 0 Å². The van der Waals surface area contributed by atoms with Crippen molar-refractivity contribution in [3.05, 3.63) is 11.6 Å². The van der Waals surface area contributed by atoms with Crippen LogP contribution in [0, 0.1) is 0 Å². The van der Waals surface area contributed by atoms with Crippen molar-refractivity contribution in [3.8, 4) is 0 Å². The Hall–Kier alpha value is -0.870. The molecule has 0 rings (SSSR count). The molecule has 0 aromatic heterocycles. The smallest absolute Gasteiger partial charge is 0.267 e. The molecular weight excluding hydrogens is 202 g/mol. The van der Waals surface area contributed by atoms with Gasteiger partial charge in [0.1, 0.15) is 0 Å². The first-order valence-corrected chi connectivity index (χ1v) is 6.15. The molecule has 0 bridgehead atoms. The van der Waals surface area contributed by atoms with Crippen molar-refractivity contribution in [2.24, 2.45) is 0 Å². The van der Waals surface area contributed by atoms with Crippen molar-refractivity contribution in [2.75, 3.05) is 13.1 Å². The Labute approximate surface area is 99.0 Å². The maximum absolute atomic E-state index is 12.0. The number of nitrogens with zero attached hydrogens (tertiary/aromatic N) is 1. The predicted molar refractivity (Wildman–Crippen MR) is 67.5 cm³/mol. The number of allylic oxidation sites excluding steroid dienone is 1. The monoisotopic (exact) mass is 227 g/mol. The van der Waals surface area contributed by atoms with Crippen LogP contribution in [-0.4, -0.2) is 24.1 Å². The van der Waals surface area contributed by atoms with Crippen LogP contribution in [0.1, 0.15) is 47.0 Å². The third kappa shape index (κ3) is 5.88. The van der Waals surface area contributed by atoms with Crippen LogP contribution in [0.2, 0.25) is 0 Å². The molecule has 0 aliphatic rings. The average molecular weight is 227 g/mol. The Morgan fingerprint density at radius 2 is 1.62 bits per heavy atom. The molecule has 0 heterocycles. The first-order valence-electron chi connectivity index (χ1n) is 6.15. The van der Waals surface area contributed by atoms with Crippen molar-refractivity contribution in [1.29, 1.82) is 0 Å². The minimum absolute atomic E-state index is 0.00347. The Morgan fingerprint density at radius 3 is 2.00 bits per heavy atom. The highest BCUT2D eigenvalue weighted by Gasteiger charge is 2.13. The van der Waals surface area contributed by atoms with E-state index in [-0.39, 0.29) is 5.91 Å². The van der Waals surface area contributed by atoms with Gasteiger partial charge in [0.25, 0.3) is 5.91 Å². The maximum Gasteiger partial charge on any atom is 0.278 e. The van der Waals surface area contributed by atoms with Crippen LogP contribution in [0.4, 0.5) is 0 Å². The van der Waals surface area contributed by atoms with Crippen molar-refractivity contribution in [1.82, 2.24) is 16.0 Å². The molecule has 4 heteroatoms. The van der Waals surface area contributed by atoms with Crippen LogP contribution in [0.5, 0.6) is 0 Å². The van der Waals surface area contributed by atoms with Gasteiger partial charge < -0.3 is 0 Å². The second-order valence-electron chi connectivity index (χ2n) is 3.75. The molecule has 16 heavy (non-hydrogen) atoms. The summed E-state index contributed by atoms with van der Waals surface area (Å²) < 4.78 is 0. The topological polar surface area (TPSA) is 44.4 Å². The molecule has 0 atom stereocenters. The molecule has 0 saturated heterocycles. The molecule has 0 aliphatic carbocycles. The van der Waals surface area contributed by atoms with E-state index >= 15 is 0 Å². The molecule has 0 unspecified atom stereocenters. The lowest BCUT2D eigenvalue weighted by Crippen LogP contribution is -2.52. The van der Waals surface area contributed by atoms with Crippen LogP contribution in [0.15, 0.2) is 11.6 Å². The van der Waals surface area contributed by atoms with Crippen LogP contribution < -0.4 is 10.9 Å². The highest BCUT2D eigenvalue weighted by atomic mass is 16.2. The fourth-order valence-corrected chi connectivity index (χ4v) is 1.22. The quantitative estimate of drug-likeness (QED) is 0.492. The molecule has 0 aromatic rings. The summed E-state index contributed by atoms with van der Waals surface area (Å²) in [6.45, 7) is 9.61. The Balaban J connectivity index is 4.35. The third-order valence-corrected chi connectivity index (χ3v) is 2.09. The van der Waals surface area contributed by atoms with E-state index in [1.807, 2.05) is 19.9 Å². The summed E-state index contributed by atoms with van der Waals surface area (Å²) in [6.07, 6.45) is 4.81. The number of hydrogen-bond donors (Lipinski definition) is 2. The summed E-state index contributed by atoms with van der Waals surface area (Å²) in [5, 5.41) is 1.51. The summed E-state index contributed by atoms with van der Waals surface area (Å²) in [5.41, 5.74) is 6.92. The molecule has 94 valence electrons. The predicted octanol–water partition coefficient (Wildman–Crippen LogP) is 2.00. The minimum atomic E-state index is 0.00347. The summed E-state index contributed by atoms with van der Waals surface area (Å²) in [6, 6.07) is 0. The fourth-order valence-electron chi connectivity index (χ4n) is 1.22. The van der Waals surface area contributed by atoms with Gasteiger partial charge in [0, 0.05) is 18.7 Å². The summed E-state index contributed by atoms with van der Waals surface area (Å²) >= 11 is 0. The van der Waals surface area contributed by atoms with E-state index in [1.54, 1.807) is 0 Å². The van der Waals surface area contributed by atoms with Gasteiger partial charge in [-0.1, -0.05) is 26.8 Å². The van der Waals surface area contributed by atoms with Crippen LogP contribution in [-0.2, 0) is 4.79 Å². The number of amides is 1. The molecule has 0 fully saturated rings. The van der Waals surface area contributed by atoms with E-state index in [1.165, 1.54) is 5.12 Å². The van der Waals surface area contributed by atoms with Gasteiger partial charge in [0.2, 0.25) is 0 Å². The number of nitrogens with one attached hydrogen (secondary N) is 2. The van der Waals surface area contributed by atoms with Gasteiger partial charge in [-0.05, 0) is 26.2 Å². The maximum atomic E-state index is 12.0. The molecule has 0 saturated carbocycles. The Bertz CT molecular complexity index is 218. The number of carbonyl (C=O) groups excluding carboxylic acids is 1. The van der Waals surface area contributed by atoms with E-state index in [2.05, 4.69) is 24.7 Å². The number of hydrazine groups is 2. The molecule has 4 nitrogen and oxygen atoms in total. The first-order chi connectivity index (χ1) is 7.67. The van der Waals surface area contributed by atoms with Gasteiger partial charge in [0.05, 0.1) is 0 Å². The molecule has 0 aliphatic heterocycles. The first kappa shape index (κ1) is 15.1. The zero-order chi connectivity index (χ0) is 12.4. The van der Waals surface area contributed by atoms with Gasteiger partial charge in [-0.2, -0.15) is 0 Å². The van der Waals surface area contributed by atoms with Crippen molar-refractivity contribution >= 4 is 5.91 Å². The molecule has 0 radical (unpaired) electrons. The van der Waals surface area contributed by atoms with Gasteiger partial charge in [-0.25, -0.2) is 16.0 Å². The fraction of sp³-hybridized carbons (Fsp3) is 0.750. The van der Waals surface area contributed by atoms with E-state index in [0.717, 1.165) is 37.9 Å². The molecule has 0 spiro atoms. The Morgan fingerprint density at radius 1 is 1.12 bits per heavy atom. The lowest BCUT2D eigenvalue weighted by molar-refractivity contribution is -0.134. The number of rotatable bonds is 8. The van der Waals surface area contributed by atoms with E-state index in [4.69, 9.17) is 0 Å². The normalized spacial score (nSPS) is 11.6. The Kier molecular flexibility index (Phi) is 8.85. The van der Waals surface area contributed by atoms with Crippen molar-refractivity contribution in [3.63, 3.8) is 0 Å². The van der Waals surface area contributed by atoms with Crippen molar-refractivity contribution in [2.45, 2.75) is 47.0 Å². The second-order valence-corrected chi connectivity index (χ2v) is 3.75. The van der Waals surface area contributed by atoms with Crippen molar-refractivity contribution < 1.29 is 4.79 Å². The highest BCUT2D eigenvalue weighted by Crippen LogP contribution is 1.99. The largest absolute Gasteiger partial charge is 0.278 e.